The lowest BCUT2D eigenvalue weighted by Crippen LogP contribution is -2.00. The molecule has 0 fully saturated rings. The van der Waals surface area contributed by atoms with E-state index in [-0.39, 0.29) is 11.1 Å². The zero-order valence-corrected chi connectivity index (χ0v) is 14.6. The Bertz CT molecular complexity index is 854. The van der Waals surface area contributed by atoms with Gasteiger partial charge in [0.05, 0.1) is 11.3 Å². The Kier molecular flexibility index (Phi) is 6.10. The summed E-state index contributed by atoms with van der Waals surface area (Å²) in [4.78, 5) is 0. The van der Waals surface area contributed by atoms with Gasteiger partial charge in [-0.15, -0.1) is 0 Å². The Morgan fingerprint density at radius 2 is 1.62 bits per heavy atom. The van der Waals surface area contributed by atoms with E-state index in [1.54, 1.807) is 0 Å². The first-order chi connectivity index (χ1) is 11.2. The lowest BCUT2D eigenvalue weighted by atomic mass is 10.0. The smallest absolute Gasteiger partial charge is 0.195 e. The first-order valence-corrected chi connectivity index (χ1v) is 8.63. The standard InChI is InChI=1S/C15H8F5IO2S/c16-11-4-3-9(13(18)15(11)20)12(17)14(19)10-5-8(21)2-1-7(10)6-24(22)23/h1-5H,6H2,(H,22,23). The third-order valence-electron chi connectivity index (χ3n) is 3.05. The average Bonchev–Trinajstić information content (AvgIpc) is 2.53. The molecule has 128 valence electrons. The molecule has 0 aliphatic heterocycles. The highest BCUT2D eigenvalue weighted by atomic mass is 127. The Morgan fingerprint density at radius 1 is 1.00 bits per heavy atom. The highest BCUT2D eigenvalue weighted by Gasteiger charge is 2.22. The number of hydrogen-bond acceptors (Lipinski definition) is 1. The molecule has 0 aliphatic carbocycles. The second-order valence-electron chi connectivity index (χ2n) is 4.62. The second-order valence-corrected chi connectivity index (χ2v) is 6.80. The fraction of sp³-hybridized carbons (Fsp3) is 0.0667. The van der Waals surface area contributed by atoms with Gasteiger partial charge in [-0.3, -0.25) is 0 Å². The summed E-state index contributed by atoms with van der Waals surface area (Å²) in [6.45, 7) is 0. The molecule has 0 saturated carbocycles. The van der Waals surface area contributed by atoms with Crippen LogP contribution in [0.25, 0.3) is 11.7 Å². The third kappa shape index (κ3) is 4.01. The van der Waals surface area contributed by atoms with Crippen LogP contribution in [-0.4, -0.2) is 8.76 Å². The minimum absolute atomic E-state index is 0.00638. The van der Waals surface area contributed by atoms with Crippen LogP contribution >= 0.6 is 22.6 Å². The lowest BCUT2D eigenvalue weighted by molar-refractivity contribution is 0.444. The Labute approximate surface area is 149 Å². The molecule has 0 bridgehead atoms. The topological polar surface area (TPSA) is 37.3 Å². The molecule has 2 nitrogen and oxygen atoms in total. The predicted octanol–water partition coefficient (Wildman–Crippen LogP) is 5.20. The fourth-order valence-electron chi connectivity index (χ4n) is 1.94. The normalized spacial score (nSPS) is 13.6. The van der Waals surface area contributed by atoms with Gasteiger partial charge >= 0.3 is 0 Å². The van der Waals surface area contributed by atoms with Gasteiger partial charge in [0.25, 0.3) is 0 Å². The van der Waals surface area contributed by atoms with E-state index < -0.39 is 51.5 Å². The van der Waals surface area contributed by atoms with Crippen LogP contribution in [0.3, 0.4) is 0 Å². The molecular weight excluding hydrogens is 466 g/mol. The van der Waals surface area contributed by atoms with E-state index in [0.717, 1.165) is 0 Å². The molecule has 0 spiro atoms. The zero-order valence-electron chi connectivity index (χ0n) is 11.6. The molecule has 0 aromatic heterocycles. The van der Waals surface area contributed by atoms with Crippen LogP contribution in [-0.2, 0) is 16.8 Å². The van der Waals surface area contributed by atoms with Crippen molar-refractivity contribution in [3.63, 3.8) is 0 Å². The second kappa shape index (κ2) is 7.70. The van der Waals surface area contributed by atoms with Crippen molar-refractivity contribution >= 4 is 45.3 Å². The Morgan fingerprint density at radius 3 is 2.25 bits per heavy atom. The molecule has 1 atom stereocenters. The number of hydrogen-bond donors (Lipinski definition) is 1. The largest absolute Gasteiger partial charge is 0.306 e. The number of halogens is 6. The molecule has 1 N–H and O–H groups in total. The van der Waals surface area contributed by atoms with Gasteiger partial charge in [0.15, 0.2) is 40.2 Å². The maximum atomic E-state index is 14.5. The van der Waals surface area contributed by atoms with E-state index in [1.165, 1.54) is 18.2 Å². The summed E-state index contributed by atoms with van der Waals surface area (Å²) in [5, 5.41) is 0. The monoisotopic (exact) mass is 474 g/mol. The van der Waals surface area contributed by atoms with Crippen molar-refractivity contribution in [2.24, 2.45) is 0 Å². The van der Waals surface area contributed by atoms with E-state index in [9.17, 15) is 26.2 Å². The molecule has 2 aromatic rings. The summed E-state index contributed by atoms with van der Waals surface area (Å²) in [7, 11) is 0. The molecule has 2 rings (SSSR count). The van der Waals surface area contributed by atoms with E-state index in [2.05, 4.69) is 0 Å². The highest BCUT2D eigenvalue weighted by Crippen LogP contribution is 2.34. The van der Waals surface area contributed by atoms with Crippen LogP contribution in [0.15, 0.2) is 30.3 Å². The molecule has 0 aliphatic rings. The maximum Gasteiger partial charge on any atom is 0.195 e. The van der Waals surface area contributed by atoms with Gasteiger partial charge in [0.2, 0.25) is 0 Å². The van der Waals surface area contributed by atoms with Crippen molar-refractivity contribution in [3.05, 3.63) is 68.0 Å². The van der Waals surface area contributed by atoms with E-state index in [1.807, 2.05) is 22.6 Å². The average molecular weight is 474 g/mol. The molecule has 0 heterocycles. The van der Waals surface area contributed by atoms with Crippen LogP contribution in [0.5, 0.6) is 0 Å². The van der Waals surface area contributed by atoms with Crippen LogP contribution in [0.2, 0.25) is 0 Å². The van der Waals surface area contributed by atoms with Crippen molar-refractivity contribution in [3.8, 4) is 0 Å². The number of rotatable bonds is 4. The van der Waals surface area contributed by atoms with Gasteiger partial charge < -0.3 is 4.55 Å². The van der Waals surface area contributed by atoms with Crippen LogP contribution < -0.4 is 0 Å². The van der Waals surface area contributed by atoms with Crippen molar-refractivity contribution in [2.45, 2.75) is 5.75 Å². The first-order valence-electron chi connectivity index (χ1n) is 6.27. The Hall–Kier alpha value is -1.33. The van der Waals surface area contributed by atoms with Crippen LogP contribution in [0, 0.1) is 21.0 Å². The molecular formula is C15H8F5IO2S. The zero-order chi connectivity index (χ0) is 18.0. The SMILES string of the molecule is O=S(O)Cc1ccc(I)cc1C(F)=C(F)c1ccc(F)c(F)c1F. The summed E-state index contributed by atoms with van der Waals surface area (Å²) in [6.07, 6.45) is 0. The first kappa shape index (κ1) is 19.0. The van der Waals surface area contributed by atoms with Gasteiger partial charge in [0, 0.05) is 9.13 Å². The summed E-state index contributed by atoms with van der Waals surface area (Å²) < 4.78 is 88.8. The fourth-order valence-corrected chi connectivity index (χ4v) is 2.95. The molecule has 9 heteroatoms. The summed E-state index contributed by atoms with van der Waals surface area (Å²) in [6, 6.07) is 5.06. The molecule has 0 radical (unpaired) electrons. The summed E-state index contributed by atoms with van der Waals surface area (Å²) in [5.41, 5.74) is -1.45. The minimum Gasteiger partial charge on any atom is -0.306 e. The van der Waals surface area contributed by atoms with E-state index in [4.69, 9.17) is 4.55 Å². The van der Waals surface area contributed by atoms with E-state index >= 15 is 0 Å². The molecule has 1 unspecified atom stereocenters. The molecule has 24 heavy (non-hydrogen) atoms. The van der Waals surface area contributed by atoms with Gasteiger partial charge in [-0.05, 0) is 52.4 Å². The Balaban J connectivity index is 2.63. The lowest BCUT2D eigenvalue weighted by Gasteiger charge is -2.09. The van der Waals surface area contributed by atoms with Crippen molar-refractivity contribution in [2.75, 3.05) is 0 Å². The molecule has 0 amide bonds. The van der Waals surface area contributed by atoms with Crippen LogP contribution in [0.1, 0.15) is 16.7 Å². The minimum atomic E-state index is -2.32. The number of benzene rings is 2. The van der Waals surface area contributed by atoms with Gasteiger partial charge in [0.1, 0.15) is 0 Å². The maximum absolute atomic E-state index is 14.5. The summed E-state index contributed by atoms with van der Waals surface area (Å²) >= 11 is -0.507. The summed E-state index contributed by atoms with van der Waals surface area (Å²) in [5.74, 6) is -9.07. The van der Waals surface area contributed by atoms with Crippen LogP contribution in [0.4, 0.5) is 22.0 Å². The highest BCUT2D eigenvalue weighted by molar-refractivity contribution is 14.1. The van der Waals surface area contributed by atoms with Crippen molar-refractivity contribution < 1.29 is 30.7 Å². The molecule has 2 aromatic carbocycles. The van der Waals surface area contributed by atoms with Crippen molar-refractivity contribution in [1.29, 1.82) is 0 Å². The van der Waals surface area contributed by atoms with Gasteiger partial charge in [-0.1, -0.05) is 6.07 Å². The quantitative estimate of drug-likeness (QED) is 0.218. The van der Waals surface area contributed by atoms with E-state index in [0.29, 0.717) is 15.7 Å². The van der Waals surface area contributed by atoms with Crippen molar-refractivity contribution in [1.82, 2.24) is 0 Å². The third-order valence-corrected chi connectivity index (χ3v) is 4.28. The van der Waals surface area contributed by atoms with Gasteiger partial charge in [-0.25, -0.2) is 26.2 Å². The predicted molar refractivity (Wildman–Crippen MR) is 89.0 cm³/mol. The van der Waals surface area contributed by atoms with Gasteiger partial charge in [-0.2, -0.15) is 0 Å². The molecule has 0 saturated heterocycles.